The van der Waals surface area contributed by atoms with Gasteiger partial charge in [-0.25, -0.2) is 8.78 Å². The summed E-state index contributed by atoms with van der Waals surface area (Å²) in [7, 11) is 0. The number of aliphatic hydroxyl groups excluding tert-OH is 1. The zero-order valence-corrected chi connectivity index (χ0v) is 11.3. The van der Waals surface area contributed by atoms with Crippen LogP contribution in [0.3, 0.4) is 0 Å². The van der Waals surface area contributed by atoms with Crippen molar-refractivity contribution < 1.29 is 13.9 Å². The summed E-state index contributed by atoms with van der Waals surface area (Å²) >= 11 is 0. The van der Waals surface area contributed by atoms with E-state index >= 15 is 0 Å². The summed E-state index contributed by atoms with van der Waals surface area (Å²) in [6.07, 6.45) is 0.449. The van der Waals surface area contributed by atoms with Crippen molar-refractivity contribution in [1.29, 1.82) is 0 Å². The summed E-state index contributed by atoms with van der Waals surface area (Å²) in [6, 6.07) is 10.9. The van der Waals surface area contributed by atoms with Crippen LogP contribution in [0.5, 0.6) is 0 Å². The molecule has 0 saturated heterocycles. The Morgan fingerprint density at radius 1 is 1.19 bits per heavy atom. The highest BCUT2D eigenvalue weighted by Gasteiger charge is 2.09. The Kier molecular flexibility index (Phi) is 5.14. The quantitative estimate of drug-likeness (QED) is 0.832. The number of benzene rings is 2. The minimum Gasteiger partial charge on any atom is -0.386 e. The molecule has 0 aliphatic rings. The third kappa shape index (κ3) is 3.93. The van der Waals surface area contributed by atoms with Crippen LogP contribution in [0.4, 0.5) is 14.5 Å². The lowest BCUT2D eigenvalue weighted by atomic mass is 10.0. The molecule has 0 spiro atoms. The largest absolute Gasteiger partial charge is 0.386 e. The predicted molar refractivity (Wildman–Crippen MR) is 78.9 cm³/mol. The van der Waals surface area contributed by atoms with Crippen LogP contribution in [0.1, 0.15) is 22.8 Å². The van der Waals surface area contributed by atoms with E-state index in [1.165, 1.54) is 12.1 Å². The molecular weight excluding hydrogens is 274 g/mol. The normalized spacial score (nSPS) is 12.8. The molecule has 2 aromatic carbocycles. The van der Waals surface area contributed by atoms with E-state index in [1.807, 2.05) is 0 Å². The van der Waals surface area contributed by atoms with Gasteiger partial charge < -0.3 is 10.8 Å². The first-order valence-electron chi connectivity index (χ1n) is 6.50. The van der Waals surface area contributed by atoms with Gasteiger partial charge in [-0.1, -0.05) is 18.2 Å². The number of aliphatic hydroxyl groups is 1. The van der Waals surface area contributed by atoms with E-state index in [-0.39, 0.29) is 12.4 Å². The second-order valence-corrected chi connectivity index (χ2v) is 4.57. The lowest BCUT2D eigenvalue weighted by Crippen LogP contribution is -2.03. The van der Waals surface area contributed by atoms with Crippen molar-refractivity contribution in [1.82, 2.24) is 0 Å². The predicted octanol–water partition coefficient (Wildman–Crippen LogP) is 3.04. The highest BCUT2D eigenvalue weighted by molar-refractivity contribution is 5.82. The highest BCUT2D eigenvalue weighted by Crippen LogP contribution is 2.24. The van der Waals surface area contributed by atoms with Crippen LogP contribution >= 0.6 is 0 Å². The molecule has 0 aliphatic heterocycles. The molecule has 0 aliphatic carbocycles. The first kappa shape index (κ1) is 15.3. The third-order valence-corrected chi connectivity index (χ3v) is 3.08. The van der Waals surface area contributed by atoms with E-state index in [0.29, 0.717) is 16.8 Å². The first-order chi connectivity index (χ1) is 10.1. The van der Waals surface area contributed by atoms with Gasteiger partial charge in [0.05, 0.1) is 5.69 Å². The topological polar surface area (TPSA) is 58.6 Å². The number of alkyl halides is 1. The first-order valence-corrected chi connectivity index (χ1v) is 6.50. The van der Waals surface area contributed by atoms with Gasteiger partial charge in [0.25, 0.3) is 0 Å². The van der Waals surface area contributed by atoms with Crippen molar-refractivity contribution in [2.45, 2.75) is 12.6 Å². The summed E-state index contributed by atoms with van der Waals surface area (Å²) in [5, 5.41) is 9.48. The van der Waals surface area contributed by atoms with Gasteiger partial charge in [-0.2, -0.15) is 0 Å². The number of hydrogen-bond donors (Lipinski definition) is 2. The second-order valence-electron chi connectivity index (χ2n) is 4.57. The SMILES string of the molecule is NCc1cc(C(O)CF)ccc1N=Cc1ccc(F)cc1. The van der Waals surface area contributed by atoms with Gasteiger partial charge in [0.1, 0.15) is 18.6 Å². The minimum absolute atomic E-state index is 0.225. The Bertz CT molecular complexity index is 627. The molecule has 5 heteroatoms. The Hall–Kier alpha value is -2.11. The van der Waals surface area contributed by atoms with Crippen LogP contribution in [0.25, 0.3) is 0 Å². The van der Waals surface area contributed by atoms with E-state index in [4.69, 9.17) is 5.73 Å². The molecule has 0 heterocycles. The molecule has 1 atom stereocenters. The molecule has 1 unspecified atom stereocenters. The van der Waals surface area contributed by atoms with Crippen LogP contribution in [-0.4, -0.2) is 18.0 Å². The smallest absolute Gasteiger partial charge is 0.123 e. The molecule has 0 radical (unpaired) electrons. The molecular formula is C16H16F2N2O. The van der Waals surface area contributed by atoms with E-state index in [1.54, 1.807) is 36.5 Å². The summed E-state index contributed by atoms with van der Waals surface area (Å²) in [5.41, 5.74) is 8.22. The molecule has 0 aromatic heterocycles. The summed E-state index contributed by atoms with van der Waals surface area (Å²) in [6.45, 7) is -0.620. The molecule has 2 rings (SSSR count). The lowest BCUT2D eigenvalue weighted by molar-refractivity contribution is 0.141. The molecule has 110 valence electrons. The van der Waals surface area contributed by atoms with Gasteiger partial charge in [0, 0.05) is 12.8 Å². The number of rotatable bonds is 5. The zero-order valence-electron chi connectivity index (χ0n) is 11.3. The van der Waals surface area contributed by atoms with Gasteiger partial charge in [-0.3, -0.25) is 4.99 Å². The van der Waals surface area contributed by atoms with Crippen LogP contribution < -0.4 is 5.73 Å². The van der Waals surface area contributed by atoms with E-state index < -0.39 is 12.8 Å². The van der Waals surface area contributed by atoms with E-state index in [2.05, 4.69) is 4.99 Å². The van der Waals surface area contributed by atoms with Gasteiger partial charge >= 0.3 is 0 Å². The van der Waals surface area contributed by atoms with Crippen molar-refractivity contribution in [2.24, 2.45) is 10.7 Å². The van der Waals surface area contributed by atoms with Crippen molar-refractivity contribution in [3.8, 4) is 0 Å². The molecule has 0 bridgehead atoms. The highest BCUT2D eigenvalue weighted by atomic mass is 19.1. The van der Waals surface area contributed by atoms with Gasteiger partial charge in [-0.15, -0.1) is 0 Å². The summed E-state index contributed by atoms with van der Waals surface area (Å²) < 4.78 is 25.3. The average molecular weight is 290 g/mol. The number of halogens is 2. The molecule has 0 fully saturated rings. The third-order valence-electron chi connectivity index (χ3n) is 3.08. The zero-order chi connectivity index (χ0) is 15.2. The standard InChI is InChI=1S/C16H16F2N2O/c17-8-16(21)12-3-6-15(13(7-12)9-19)20-10-11-1-4-14(18)5-2-11/h1-7,10,16,21H,8-9,19H2. The molecule has 3 nitrogen and oxygen atoms in total. The number of aliphatic imine (C=N–C) groups is 1. The van der Waals surface area contributed by atoms with E-state index in [9.17, 15) is 13.9 Å². The minimum atomic E-state index is -1.15. The maximum atomic E-state index is 12.8. The van der Waals surface area contributed by atoms with Crippen LogP contribution in [-0.2, 0) is 6.54 Å². The molecule has 21 heavy (non-hydrogen) atoms. The summed E-state index contributed by atoms with van der Waals surface area (Å²) in [5.74, 6) is -0.306. The van der Waals surface area contributed by atoms with Gasteiger partial charge in [-0.05, 0) is 41.0 Å². The van der Waals surface area contributed by atoms with Crippen LogP contribution in [0.2, 0.25) is 0 Å². The molecule has 2 aromatic rings. The molecule has 0 amide bonds. The number of nitrogens with two attached hydrogens (primary N) is 1. The number of nitrogens with zero attached hydrogens (tertiary/aromatic N) is 1. The van der Waals surface area contributed by atoms with Crippen LogP contribution in [0.15, 0.2) is 47.5 Å². The van der Waals surface area contributed by atoms with Gasteiger partial charge in [0.15, 0.2) is 0 Å². The molecule has 0 saturated carbocycles. The molecule has 3 N–H and O–H groups in total. The van der Waals surface area contributed by atoms with Gasteiger partial charge in [0.2, 0.25) is 0 Å². The van der Waals surface area contributed by atoms with E-state index in [0.717, 1.165) is 5.56 Å². The maximum Gasteiger partial charge on any atom is 0.123 e. The fourth-order valence-corrected chi connectivity index (χ4v) is 1.88. The van der Waals surface area contributed by atoms with Crippen molar-refractivity contribution in [2.75, 3.05) is 6.67 Å². The maximum absolute atomic E-state index is 12.8. The Morgan fingerprint density at radius 2 is 1.90 bits per heavy atom. The fourth-order valence-electron chi connectivity index (χ4n) is 1.88. The summed E-state index contributed by atoms with van der Waals surface area (Å²) in [4.78, 5) is 4.30. The Morgan fingerprint density at radius 3 is 2.52 bits per heavy atom. The van der Waals surface area contributed by atoms with Crippen molar-refractivity contribution in [3.05, 3.63) is 65.0 Å². The van der Waals surface area contributed by atoms with Crippen molar-refractivity contribution >= 4 is 11.9 Å². The second kappa shape index (κ2) is 7.06. The fraction of sp³-hybridized carbons (Fsp3) is 0.188. The lowest BCUT2D eigenvalue weighted by Gasteiger charge is -2.10. The number of hydrogen-bond acceptors (Lipinski definition) is 3. The van der Waals surface area contributed by atoms with Crippen LogP contribution in [0, 0.1) is 5.82 Å². The monoisotopic (exact) mass is 290 g/mol. The Labute approximate surface area is 121 Å². The van der Waals surface area contributed by atoms with Crippen molar-refractivity contribution in [3.63, 3.8) is 0 Å². The average Bonchev–Trinajstić information content (AvgIpc) is 2.53. The Balaban J connectivity index is 2.25.